The van der Waals surface area contributed by atoms with Gasteiger partial charge in [0.25, 0.3) is 0 Å². The zero-order valence-electron chi connectivity index (χ0n) is 10.3. The second-order valence-electron chi connectivity index (χ2n) is 4.46. The third kappa shape index (κ3) is 2.23. The van der Waals surface area contributed by atoms with Crippen molar-refractivity contribution in [1.29, 1.82) is 0 Å². The summed E-state index contributed by atoms with van der Waals surface area (Å²) in [5.74, 6) is 0.506. The molecule has 0 amide bonds. The van der Waals surface area contributed by atoms with Gasteiger partial charge in [-0.15, -0.1) is 0 Å². The van der Waals surface area contributed by atoms with Gasteiger partial charge in [0.1, 0.15) is 22.6 Å². The van der Waals surface area contributed by atoms with Crippen LogP contribution in [0.1, 0.15) is 23.0 Å². The van der Waals surface area contributed by atoms with E-state index in [0.717, 1.165) is 16.5 Å². The van der Waals surface area contributed by atoms with E-state index in [0.29, 0.717) is 16.5 Å². The maximum Gasteiger partial charge on any atom is 0.138 e. The predicted molar refractivity (Wildman–Crippen MR) is 74.3 cm³/mol. The number of benzene rings is 1. The quantitative estimate of drug-likeness (QED) is 0.721. The van der Waals surface area contributed by atoms with Crippen LogP contribution in [0.15, 0.2) is 47.0 Å². The van der Waals surface area contributed by atoms with Gasteiger partial charge in [0, 0.05) is 11.6 Å². The zero-order valence-corrected chi connectivity index (χ0v) is 11.1. The van der Waals surface area contributed by atoms with Crippen LogP contribution < -0.4 is 0 Å². The molecule has 1 unspecified atom stereocenters. The summed E-state index contributed by atoms with van der Waals surface area (Å²) in [5, 5.41) is 11.7. The van der Waals surface area contributed by atoms with Crippen LogP contribution in [-0.4, -0.2) is 10.1 Å². The van der Waals surface area contributed by atoms with Gasteiger partial charge in [0.05, 0.1) is 0 Å². The van der Waals surface area contributed by atoms with E-state index in [1.807, 2.05) is 31.2 Å². The number of nitrogens with zero attached hydrogens (tertiary/aromatic N) is 1. The van der Waals surface area contributed by atoms with E-state index in [9.17, 15) is 5.11 Å². The summed E-state index contributed by atoms with van der Waals surface area (Å²) in [6.45, 7) is 1.98. The Morgan fingerprint density at radius 1 is 1.26 bits per heavy atom. The van der Waals surface area contributed by atoms with E-state index in [1.165, 1.54) is 0 Å². The van der Waals surface area contributed by atoms with Crippen molar-refractivity contribution in [2.75, 3.05) is 0 Å². The molecule has 0 saturated heterocycles. The monoisotopic (exact) mass is 273 g/mol. The van der Waals surface area contributed by atoms with Crippen LogP contribution >= 0.6 is 11.6 Å². The van der Waals surface area contributed by atoms with Gasteiger partial charge in [-0.1, -0.05) is 29.8 Å². The molecule has 3 aromatic rings. The normalized spacial score (nSPS) is 12.8. The average Bonchev–Trinajstić information content (AvgIpc) is 2.83. The molecule has 0 saturated carbocycles. The molecule has 2 heterocycles. The van der Waals surface area contributed by atoms with Crippen molar-refractivity contribution in [3.63, 3.8) is 0 Å². The van der Waals surface area contributed by atoms with E-state index < -0.39 is 6.10 Å². The molecule has 19 heavy (non-hydrogen) atoms. The lowest BCUT2D eigenvalue weighted by molar-refractivity contribution is 0.192. The Morgan fingerprint density at radius 3 is 2.84 bits per heavy atom. The Balaban J connectivity index is 2.06. The molecule has 0 bridgehead atoms. The Morgan fingerprint density at radius 2 is 2.11 bits per heavy atom. The van der Waals surface area contributed by atoms with Crippen LogP contribution in [0.2, 0.25) is 5.15 Å². The summed E-state index contributed by atoms with van der Waals surface area (Å²) in [6, 6.07) is 11.1. The molecule has 0 aliphatic heterocycles. The van der Waals surface area contributed by atoms with Gasteiger partial charge in [-0.05, 0) is 36.2 Å². The second kappa shape index (κ2) is 4.68. The fourth-order valence-electron chi connectivity index (χ4n) is 2.12. The van der Waals surface area contributed by atoms with Gasteiger partial charge >= 0.3 is 0 Å². The van der Waals surface area contributed by atoms with Crippen LogP contribution in [-0.2, 0) is 0 Å². The van der Waals surface area contributed by atoms with Crippen molar-refractivity contribution in [2.45, 2.75) is 13.0 Å². The number of fused-ring (bicyclic) bond motifs is 1. The minimum absolute atomic E-state index is 0.351. The first-order chi connectivity index (χ1) is 9.15. The Bertz CT molecular complexity index is 736. The lowest BCUT2D eigenvalue weighted by Gasteiger charge is -2.07. The van der Waals surface area contributed by atoms with Crippen LogP contribution in [0.25, 0.3) is 11.0 Å². The van der Waals surface area contributed by atoms with Crippen molar-refractivity contribution < 1.29 is 9.52 Å². The van der Waals surface area contributed by atoms with Gasteiger partial charge in [-0.2, -0.15) is 0 Å². The largest absolute Gasteiger partial charge is 0.458 e. The molecule has 4 heteroatoms. The highest BCUT2D eigenvalue weighted by Gasteiger charge is 2.16. The number of aromatic nitrogens is 1. The fourth-order valence-corrected chi connectivity index (χ4v) is 2.30. The molecule has 0 spiro atoms. The Hall–Kier alpha value is -1.84. The predicted octanol–water partition coefficient (Wildman–Crippen LogP) is 3.87. The topological polar surface area (TPSA) is 46.3 Å². The van der Waals surface area contributed by atoms with Crippen molar-refractivity contribution >= 4 is 22.6 Å². The number of furan rings is 1. The van der Waals surface area contributed by atoms with Crippen LogP contribution in [0, 0.1) is 6.92 Å². The van der Waals surface area contributed by atoms with Gasteiger partial charge < -0.3 is 9.52 Å². The molecule has 0 fully saturated rings. The average molecular weight is 274 g/mol. The molecule has 1 atom stereocenters. The first-order valence-corrected chi connectivity index (χ1v) is 6.31. The maximum absolute atomic E-state index is 10.3. The van der Waals surface area contributed by atoms with Crippen molar-refractivity contribution in [1.82, 2.24) is 4.98 Å². The second-order valence-corrected chi connectivity index (χ2v) is 4.84. The minimum Gasteiger partial charge on any atom is -0.458 e. The third-order valence-corrected chi connectivity index (χ3v) is 3.30. The highest BCUT2D eigenvalue weighted by atomic mass is 35.5. The van der Waals surface area contributed by atoms with Gasteiger partial charge in [-0.3, -0.25) is 0 Å². The van der Waals surface area contributed by atoms with Gasteiger partial charge in [0.2, 0.25) is 0 Å². The SMILES string of the molecule is Cc1cccc2cc(C(O)c3ccnc(Cl)c3)oc12. The molecular formula is C15H12ClNO2. The zero-order chi connectivity index (χ0) is 13.4. The van der Waals surface area contributed by atoms with Crippen LogP contribution in [0.4, 0.5) is 0 Å². The number of hydrogen-bond acceptors (Lipinski definition) is 3. The van der Waals surface area contributed by atoms with E-state index in [1.54, 1.807) is 18.3 Å². The molecule has 3 rings (SSSR count). The summed E-state index contributed by atoms with van der Waals surface area (Å²) in [7, 11) is 0. The molecule has 0 radical (unpaired) electrons. The number of aliphatic hydroxyl groups excluding tert-OH is 1. The number of aliphatic hydroxyl groups is 1. The molecule has 1 aromatic carbocycles. The highest BCUT2D eigenvalue weighted by Crippen LogP contribution is 2.30. The fraction of sp³-hybridized carbons (Fsp3) is 0.133. The van der Waals surface area contributed by atoms with Crippen molar-refractivity contribution in [3.8, 4) is 0 Å². The summed E-state index contributed by atoms with van der Waals surface area (Å²) in [6.07, 6.45) is 0.724. The molecule has 0 aliphatic rings. The van der Waals surface area contributed by atoms with E-state index >= 15 is 0 Å². The summed E-state index contributed by atoms with van der Waals surface area (Å²) < 4.78 is 5.74. The van der Waals surface area contributed by atoms with Gasteiger partial charge in [0.15, 0.2) is 0 Å². The van der Waals surface area contributed by atoms with Crippen LogP contribution in [0.3, 0.4) is 0 Å². The molecule has 0 aliphatic carbocycles. The number of aryl methyl sites for hydroxylation is 1. The van der Waals surface area contributed by atoms with Crippen molar-refractivity contribution in [2.24, 2.45) is 0 Å². The number of pyridine rings is 1. The first kappa shape index (κ1) is 12.2. The van der Waals surface area contributed by atoms with Gasteiger partial charge in [-0.25, -0.2) is 4.98 Å². The lowest BCUT2D eigenvalue weighted by atomic mass is 10.1. The molecule has 96 valence electrons. The van der Waals surface area contributed by atoms with E-state index in [-0.39, 0.29) is 0 Å². The number of rotatable bonds is 2. The molecule has 2 aromatic heterocycles. The summed E-state index contributed by atoms with van der Waals surface area (Å²) in [4.78, 5) is 3.90. The van der Waals surface area contributed by atoms with E-state index in [2.05, 4.69) is 4.98 Å². The summed E-state index contributed by atoms with van der Waals surface area (Å²) in [5.41, 5.74) is 2.51. The standard InChI is InChI=1S/C15H12ClNO2/c1-9-3-2-4-11-7-12(19-15(9)11)14(18)10-5-6-17-13(16)8-10/h2-8,14,18H,1H3. The lowest BCUT2D eigenvalue weighted by Crippen LogP contribution is -1.98. The Labute approximate surface area is 115 Å². The Kier molecular flexibility index (Phi) is 3.01. The highest BCUT2D eigenvalue weighted by molar-refractivity contribution is 6.29. The minimum atomic E-state index is -0.840. The molecule has 1 N–H and O–H groups in total. The molecular weight excluding hydrogens is 262 g/mol. The van der Waals surface area contributed by atoms with E-state index in [4.69, 9.17) is 16.0 Å². The first-order valence-electron chi connectivity index (χ1n) is 5.94. The maximum atomic E-state index is 10.3. The number of hydrogen-bond donors (Lipinski definition) is 1. The smallest absolute Gasteiger partial charge is 0.138 e. The van der Waals surface area contributed by atoms with Crippen LogP contribution in [0.5, 0.6) is 0 Å². The number of halogens is 1. The van der Waals surface area contributed by atoms with Crippen molar-refractivity contribution in [3.05, 3.63) is 64.6 Å². The summed E-state index contributed by atoms with van der Waals surface area (Å²) >= 11 is 5.83. The number of para-hydroxylation sites is 1. The third-order valence-electron chi connectivity index (χ3n) is 3.10. The molecule has 3 nitrogen and oxygen atoms in total.